The second-order valence-corrected chi connectivity index (χ2v) is 8.84. The Bertz CT molecular complexity index is 1320. The number of hydrogen-bond donors (Lipinski definition) is 3. The predicted molar refractivity (Wildman–Crippen MR) is 142 cm³/mol. The normalized spacial score (nSPS) is 13.8. The van der Waals surface area contributed by atoms with Gasteiger partial charge in [-0.1, -0.05) is 12.1 Å². The fourth-order valence-corrected chi connectivity index (χ4v) is 4.19. The van der Waals surface area contributed by atoms with Crippen molar-refractivity contribution in [1.82, 2.24) is 25.2 Å². The number of carbonyl (C=O) groups is 1. The molecule has 2 aromatic carbocycles. The monoisotopic (exact) mass is 479 g/mol. The van der Waals surface area contributed by atoms with Crippen molar-refractivity contribution in [3.63, 3.8) is 0 Å². The number of aromatic nitrogens is 3. The van der Waals surface area contributed by atoms with Crippen molar-refractivity contribution >= 4 is 23.2 Å². The van der Waals surface area contributed by atoms with Gasteiger partial charge in [-0.15, -0.1) is 0 Å². The summed E-state index contributed by atoms with van der Waals surface area (Å²) in [4.78, 5) is 28.3. The summed E-state index contributed by atoms with van der Waals surface area (Å²) in [6.45, 7) is 7.04. The lowest BCUT2D eigenvalue weighted by molar-refractivity contribution is 0.102. The zero-order chi connectivity index (χ0) is 24.7. The lowest BCUT2D eigenvalue weighted by Gasteiger charge is -2.27. The molecule has 5 rings (SSSR count). The van der Waals surface area contributed by atoms with Crippen LogP contribution in [0.4, 0.5) is 17.3 Å². The molecule has 0 spiro atoms. The Morgan fingerprint density at radius 1 is 1.03 bits per heavy atom. The molecule has 0 atom stereocenters. The molecule has 182 valence electrons. The Kier molecular flexibility index (Phi) is 7.25. The third-order valence-electron chi connectivity index (χ3n) is 6.18. The second kappa shape index (κ2) is 11.1. The summed E-state index contributed by atoms with van der Waals surface area (Å²) in [5.41, 5.74) is 6.14. The minimum absolute atomic E-state index is 0.128. The van der Waals surface area contributed by atoms with Crippen molar-refractivity contribution in [2.24, 2.45) is 0 Å². The molecule has 1 saturated heterocycles. The van der Waals surface area contributed by atoms with Crippen LogP contribution in [0.1, 0.15) is 21.5 Å². The number of pyridine rings is 1. The highest BCUT2D eigenvalue weighted by atomic mass is 16.1. The summed E-state index contributed by atoms with van der Waals surface area (Å²) in [5, 5.41) is 9.64. The van der Waals surface area contributed by atoms with Crippen LogP contribution in [-0.2, 0) is 6.54 Å². The molecule has 3 heterocycles. The number of aryl methyl sites for hydroxylation is 1. The van der Waals surface area contributed by atoms with Gasteiger partial charge >= 0.3 is 0 Å². The zero-order valence-corrected chi connectivity index (χ0v) is 20.2. The van der Waals surface area contributed by atoms with E-state index in [9.17, 15) is 4.79 Å². The smallest absolute Gasteiger partial charge is 0.255 e. The van der Waals surface area contributed by atoms with Gasteiger partial charge < -0.3 is 16.0 Å². The van der Waals surface area contributed by atoms with E-state index in [1.807, 2.05) is 67.6 Å². The summed E-state index contributed by atoms with van der Waals surface area (Å²) < 4.78 is 0. The van der Waals surface area contributed by atoms with Crippen LogP contribution in [0.15, 0.2) is 79.3 Å². The van der Waals surface area contributed by atoms with Gasteiger partial charge in [0.15, 0.2) is 0 Å². The first-order valence-electron chi connectivity index (χ1n) is 12.1. The molecule has 1 aliphatic rings. The van der Waals surface area contributed by atoms with Crippen LogP contribution in [0.2, 0.25) is 0 Å². The van der Waals surface area contributed by atoms with Gasteiger partial charge in [0, 0.05) is 73.8 Å². The molecular formula is C28H29N7O. The Morgan fingerprint density at radius 3 is 2.61 bits per heavy atom. The topological polar surface area (TPSA) is 95.1 Å². The van der Waals surface area contributed by atoms with E-state index < -0.39 is 0 Å². The number of piperazine rings is 1. The molecule has 2 aromatic heterocycles. The summed E-state index contributed by atoms with van der Waals surface area (Å²) in [6.07, 6.45) is 5.22. The maximum atomic E-state index is 12.8. The minimum atomic E-state index is -0.128. The van der Waals surface area contributed by atoms with Crippen LogP contribution >= 0.6 is 0 Å². The Hall–Kier alpha value is -4.14. The van der Waals surface area contributed by atoms with Crippen LogP contribution in [0.25, 0.3) is 11.3 Å². The number of nitrogens with one attached hydrogen (secondary N) is 3. The van der Waals surface area contributed by atoms with Crippen LogP contribution in [0.5, 0.6) is 0 Å². The molecule has 36 heavy (non-hydrogen) atoms. The highest BCUT2D eigenvalue weighted by molar-refractivity contribution is 6.04. The molecule has 3 N–H and O–H groups in total. The van der Waals surface area contributed by atoms with Gasteiger partial charge in [-0.3, -0.25) is 14.7 Å². The van der Waals surface area contributed by atoms with Crippen molar-refractivity contribution in [3.8, 4) is 11.3 Å². The first kappa shape index (κ1) is 23.6. The van der Waals surface area contributed by atoms with Gasteiger partial charge in [0.1, 0.15) is 0 Å². The van der Waals surface area contributed by atoms with E-state index in [-0.39, 0.29) is 5.91 Å². The molecule has 0 unspecified atom stereocenters. The molecule has 1 aliphatic heterocycles. The van der Waals surface area contributed by atoms with Crippen LogP contribution in [0, 0.1) is 6.92 Å². The van der Waals surface area contributed by atoms with Gasteiger partial charge in [0.05, 0.1) is 5.69 Å². The fourth-order valence-electron chi connectivity index (χ4n) is 4.19. The highest BCUT2D eigenvalue weighted by Gasteiger charge is 2.12. The molecule has 0 radical (unpaired) electrons. The maximum Gasteiger partial charge on any atom is 0.255 e. The van der Waals surface area contributed by atoms with E-state index in [2.05, 4.69) is 35.8 Å². The number of hydrogen-bond acceptors (Lipinski definition) is 7. The SMILES string of the molecule is Cc1cc(NC(=O)c2ccc(CN3CCNCC3)cc2)ccc1Nc1nccc(-c2cccnc2)n1. The summed E-state index contributed by atoms with van der Waals surface area (Å²) >= 11 is 0. The van der Waals surface area contributed by atoms with Crippen molar-refractivity contribution in [2.75, 3.05) is 36.8 Å². The van der Waals surface area contributed by atoms with Crippen molar-refractivity contribution in [1.29, 1.82) is 0 Å². The van der Waals surface area contributed by atoms with Crippen molar-refractivity contribution < 1.29 is 4.79 Å². The van der Waals surface area contributed by atoms with Crippen LogP contribution < -0.4 is 16.0 Å². The van der Waals surface area contributed by atoms with E-state index in [0.29, 0.717) is 11.5 Å². The minimum Gasteiger partial charge on any atom is -0.324 e. The molecule has 1 fully saturated rings. The molecular weight excluding hydrogens is 450 g/mol. The summed E-state index contributed by atoms with van der Waals surface area (Å²) in [5.74, 6) is 0.369. The van der Waals surface area contributed by atoms with Gasteiger partial charge in [0.25, 0.3) is 5.91 Å². The highest BCUT2D eigenvalue weighted by Crippen LogP contribution is 2.24. The lowest BCUT2D eigenvalue weighted by Crippen LogP contribution is -2.42. The average molecular weight is 480 g/mol. The van der Waals surface area contributed by atoms with E-state index in [1.165, 1.54) is 5.56 Å². The Balaban J connectivity index is 1.21. The van der Waals surface area contributed by atoms with E-state index in [4.69, 9.17) is 0 Å². The zero-order valence-electron chi connectivity index (χ0n) is 20.2. The Labute approximate surface area is 210 Å². The number of carbonyl (C=O) groups excluding carboxylic acids is 1. The first-order chi connectivity index (χ1) is 17.6. The van der Waals surface area contributed by atoms with Gasteiger partial charge in [-0.05, 0) is 66.6 Å². The van der Waals surface area contributed by atoms with Gasteiger partial charge in [0.2, 0.25) is 5.95 Å². The number of nitrogens with zero attached hydrogens (tertiary/aromatic N) is 4. The van der Waals surface area contributed by atoms with Crippen LogP contribution in [0.3, 0.4) is 0 Å². The third kappa shape index (κ3) is 5.91. The largest absolute Gasteiger partial charge is 0.324 e. The van der Waals surface area contributed by atoms with E-state index in [0.717, 1.165) is 60.9 Å². The number of anilines is 3. The quantitative estimate of drug-likeness (QED) is 0.365. The average Bonchev–Trinajstić information content (AvgIpc) is 2.92. The lowest BCUT2D eigenvalue weighted by atomic mass is 10.1. The summed E-state index contributed by atoms with van der Waals surface area (Å²) in [7, 11) is 0. The van der Waals surface area contributed by atoms with Crippen molar-refractivity contribution in [3.05, 3.63) is 95.9 Å². The predicted octanol–water partition coefficient (Wildman–Crippen LogP) is 4.25. The molecule has 0 saturated carbocycles. The number of amides is 1. The van der Waals surface area contributed by atoms with Crippen molar-refractivity contribution in [2.45, 2.75) is 13.5 Å². The van der Waals surface area contributed by atoms with Crippen LogP contribution in [-0.4, -0.2) is 51.9 Å². The van der Waals surface area contributed by atoms with E-state index in [1.54, 1.807) is 18.6 Å². The number of rotatable bonds is 7. The number of benzene rings is 2. The first-order valence-corrected chi connectivity index (χ1v) is 12.1. The molecule has 8 heteroatoms. The Morgan fingerprint density at radius 2 is 1.86 bits per heavy atom. The standard InChI is InChI=1S/C28H29N7O/c1-20-17-24(32-27(36)22-6-4-21(5-7-22)19-35-15-13-29-14-16-35)8-9-25(20)33-28-31-12-10-26(34-28)23-3-2-11-30-18-23/h2-12,17-18,29H,13-16,19H2,1H3,(H,32,36)(H,31,33,34). The molecule has 1 amide bonds. The molecule has 0 bridgehead atoms. The maximum absolute atomic E-state index is 12.8. The third-order valence-corrected chi connectivity index (χ3v) is 6.18. The fraction of sp³-hybridized carbons (Fsp3) is 0.214. The second-order valence-electron chi connectivity index (χ2n) is 8.84. The van der Waals surface area contributed by atoms with Gasteiger partial charge in [-0.2, -0.15) is 0 Å². The molecule has 8 nitrogen and oxygen atoms in total. The molecule has 0 aliphatic carbocycles. The van der Waals surface area contributed by atoms with E-state index >= 15 is 0 Å². The van der Waals surface area contributed by atoms with Gasteiger partial charge in [-0.25, -0.2) is 9.97 Å². The summed E-state index contributed by atoms with van der Waals surface area (Å²) in [6, 6.07) is 19.3. The molecule has 4 aromatic rings.